The molecular formula is C25H28N2O2. The first kappa shape index (κ1) is 20.7. The number of rotatable bonds is 8. The lowest BCUT2D eigenvalue weighted by Gasteiger charge is -2.23. The van der Waals surface area contributed by atoms with E-state index in [4.69, 9.17) is 9.47 Å². The maximum Gasteiger partial charge on any atom is 0.216 e. The molecule has 0 amide bonds. The van der Waals surface area contributed by atoms with Crippen molar-refractivity contribution in [2.75, 3.05) is 13.7 Å². The minimum absolute atomic E-state index is 0.600. The number of ether oxygens (including phenoxy) is 2. The molecule has 0 spiro atoms. The third-order valence-electron chi connectivity index (χ3n) is 5.24. The minimum atomic E-state index is -0.671. The lowest BCUT2D eigenvalue weighted by molar-refractivity contribution is 0.317. The van der Waals surface area contributed by atoms with E-state index in [2.05, 4.69) is 31.0 Å². The van der Waals surface area contributed by atoms with Crippen LogP contribution in [0.4, 0.5) is 0 Å². The van der Waals surface area contributed by atoms with E-state index in [-0.39, 0.29) is 0 Å². The first-order valence-electron chi connectivity index (χ1n) is 10.1. The van der Waals surface area contributed by atoms with Gasteiger partial charge in [-0.3, -0.25) is 0 Å². The molecule has 3 rings (SSSR count). The van der Waals surface area contributed by atoms with Gasteiger partial charge in [-0.1, -0.05) is 38.1 Å². The molecule has 1 heterocycles. The highest BCUT2D eigenvalue weighted by Crippen LogP contribution is 2.32. The highest BCUT2D eigenvalue weighted by atomic mass is 16.5. The average molecular weight is 389 g/mol. The minimum Gasteiger partial charge on any atom is -0.494 e. The number of nitrogens with zero attached hydrogens (tertiary/aromatic N) is 2. The fraction of sp³-hybridized carbons (Fsp3) is 0.360. The molecule has 150 valence electrons. The SMILES string of the molecule is CCCOc1cccc(CC(C)(C#N)c2ccc3cc(CC)c(OC)nc3c2)c1. The maximum atomic E-state index is 10.0. The fourth-order valence-electron chi connectivity index (χ4n) is 3.55. The quantitative estimate of drug-likeness (QED) is 0.503. The van der Waals surface area contributed by atoms with Gasteiger partial charge in [-0.2, -0.15) is 5.26 Å². The van der Waals surface area contributed by atoms with Gasteiger partial charge >= 0.3 is 0 Å². The zero-order chi connectivity index (χ0) is 20.9. The number of benzene rings is 2. The van der Waals surface area contributed by atoms with Gasteiger partial charge in [0.25, 0.3) is 0 Å². The molecule has 1 unspecified atom stereocenters. The second-order valence-electron chi connectivity index (χ2n) is 7.53. The van der Waals surface area contributed by atoms with Gasteiger partial charge in [0.05, 0.1) is 30.7 Å². The zero-order valence-corrected chi connectivity index (χ0v) is 17.7. The van der Waals surface area contributed by atoms with Gasteiger partial charge < -0.3 is 9.47 Å². The van der Waals surface area contributed by atoms with Crippen molar-refractivity contribution >= 4 is 10.9 Å². The van der Waals surface area contributed by atoms with Crippen molar-refractivity contribution in [3.05, 3.63) is 65.2 Å². The molecule has 1 aromatic heterocycles. The van der Waals surface area contributed by atoms with Crippen LogP contribution in [0.15, 0.2) is 48.5 Å². The van der Waals surface area contributed by atoms with Gasteiger partial charge in [0, 0.05) is 10.9 Å². The number of aryl methyl sites for hydroxylation is 1. The number of pyridine rings is 1. The lowest BCUT2D eigenvalue weighted by atomic mass is 9.78. The normalized spacial score (nSPS) is 12.9. The Morgan fingerprint density at radius 1 is 1.10 bits per heavy atom. The van der Waals surface area contributed by atoms with Gasteiger partial charge in [-0.15, -0.1) is 0 Å². The van der Waals surface area contributed by atoms with Crippen molar-refractivity contribution in [2.24, 2.45) is 0 Å². The van der Waals surface area contributed by atoms with Gasteiger partial charge in [0.1, 0.15) is 5.75 Å². The summed E-state index contributed by atoms with van der Waals surface area (Å²) >= 11 is 0. The van der Waals surface area contributed by atoms with Crippen LogP contribution in [0.3, 0.4) is 0 Å². The smallest absolute Gasteiger partial charge is 0.216 e. The summed E-state index contributed by atoms with van der Waals surface area (Å²) in [5.41, 5.74) is 3.29. The summed E-state index contributed by atoms with van der Waals surface area (Å²) in [4.78, 5) is 4.68. The first-order chi connectivity index (χ1) is 14.0. The molecule has 0 aliphatic rings. The number of methoxy groups -OCH3 is 1. The molecule has 0 bridgehead atoms. The molecule has 0 saturated heterocycles. The van der Waals surface area contributed by atoms with Crippen molar-refractivity contribution in [1.29, 1.82) is 5.26 Å². The van der Waals surface area contributed by atoms with E-state index in [1.165, 1.54) is 0 Å². The Balaban J connectivity index is 1.96. The van der Waals surface area contributed by atoms with Crippen molar-refractivity contribution in [1.82, 2.24) is 4.98 Å². The van der Waals surface area contributed by atoms with E-state index in [0.717, 1.165) is 46.2 Å². The predicted octanol–water partition coefficient (Wildman–Crippen LogP) is 5.62. The number of hydrogen-bond acceptors (Lipinski definition) is 4. The van der Waals surface area contributed by atoms with Gasteiger partial charge in [-0.25, -0.2) is 4.98 Å². The van der Waals surface area contributed by atoms with Crippen molar-refractivity contribution in [3.8, 4) is 17.7 Å². The lowest BCUT2D eigenvalue weighted by Crippen LogP contribution is -2.23. The molecule has 0 N–H and O–H groups in total. The van der Waals surface area contributed by atoms with Gasteiger partial charge in [-0.05, 0) is 61.6 Å². The van der Waals surface area contributed by atoms with Crippen LogP contribution in [0.25, 0.3) is 10.9 Å². The molecule has 4 nitrogen and oxygen atoms in total. The third-order valence-corrected chi connectivity index (χ3v) is 5.24. The predicted molar refractivity (Wildman–Crippen MR) is 117 cm³/mol. The Morgan fingerprint density at radius 2 is 1.93 bits per heavy atom. The Morgan fingerprint density at radius 3 is 2.62 bits per heavy atom. The number of hydrogen-bond donors (Lipinski definition) is 0. The molecule has 0 aliphatic heterocycles. The molecule has 0 fully saturated rings. The van der Waals surface area contributed by atoms with Crippen LogP contribution in [0, 0.1) is 11.3 Å². The average Bonchev–Trinajstić information content (AvgIpc) is 2.76. The second kappa shape index (κ2) is 8.96. The molecule has 3 aromatic rings. The molecule has 0 saturated carbocycles. The molecule has 0 aliphatic carbocycles. The molecular weight excluding hydrogens is 360 g/mol. The number of nitriles is 1. The standard InChI is InChI=1S/C25H28N2O2/c1-5-12-29-22-9-7-8-18(13-22)16-25(3,17-26)21-11-10-20-14-19(6-2)24(28-4)27-23(20)15-21/h7-11,13-15H,5-6,12,16H2,1-4H3. The van der Waals surface area contributed by atoms with Crippen LogP contribution in [0.1, 0.15) is 43.9 Å². The summed E-state index contributed by atoms with van der Waals surface area (Å²) in [6.45, 7) is 6.84. The van der Waals surface area contributed by atoms with E-state index in [9.17, 15) is 5.26 Å². The summed E-state index contributed by atoms with van der Waals surface area (Å²) in [6.07, 6.45) is 2.43. The number of aromatic nitrogens is 1. The maximum absolute atomic E-state index is 10.0. The summed E-state index contributed by atoms with van der Waals surface area (Å²) in [7, 11) is 1.64. The van der Waals surface area contributed by atoms with E-state index in [1.54, 1.807) is 7.11 Å². The monoisotopic (exact) mass is 388 g/mol. The largest absolute Gasteiger partial charge is 0.494 e. The van der Waals surface area contributed by atoms with Crippen molar-refractivity contribution < 1.29 is 9.47 Å². The van der Waals surface area contributed by atoms with Crippen LogP contribution in [0.5, 0.6) is 11.6 Å². The molecule has 1 atom stereocenters. The van der Waals surface area contributed by atoms with Crippen LogP contribution >= 0.6 is 0 Å². The van der Waals surface area contributed by atoms with Crippen LogP contribution < -0.4 is 9.47 Å². The van der Waals surface area contributed by atoms with Gasteiger partial charge in [0.15, 0.2) is 0 Å². The Labute approximate surface area is 173 Å². The topological polar surface area (TPSA) is 55.1 Å². The summed E-state index contributed by atoms with van der Waals surface area (Å²) < 4.78 is 11.2. The molecule has 2 aromatic carbocycles. The van der Waals surface area contributed by atoms with Crippen LogP contribution in [-0.4, -0.2) is 18.7 Å². The molecule has 0 radical (unpaired) electrons. The zero-order valence-electron chi connectivity index (χ0n) is 17.7. The second-order valence-corrected chi connectivity index (χ2v) is 7.53. The van der Waals surface area contributed by atoms with Crippen molar-refractivity contribution in [2.45, 2.75) is 45.4 Å². The van der Waals surface area contributed by atoms with Crippen molar-refractivity contribution in [3.63, 3.8) is 0 Å². The highest BCUT2D eigenvalue weighted by Gasteiger charge is 2.27. The van der Waals surface area contributed by atoms with E-state index in [0.29, 0.717) is 18.9 Å². The van der Waals surface area contributed by atoms with E-state index in [1.807, 2.05) is 49.4 Å². The Hall–Kier alpha value is -3.06. The third kappa shape index (κ3) is 4.51. The summed E-state index contributed by atoms with van der Waals surface area (Å²) in [6, 6.07) is 18.8. The molecule has 29 heavy (non-hydrogen) atoms. The van der Waals surface area contributed by atoms with Crippen LogP contribution in [0.2, 0.25) is 0 Å². The Bertz CT molecular complexity index is 1040. The number of fused-ring (bicyclic) bond motifs is 1. The summed E-state index contributed by atoms with van der Waals surface area (Å²) in [5, 5.41) is 11.1. The first-order valence-corrected chi connectivity index (χ1v) is 10.1. The van der Waals surface area contributed by atoms with Gasteiger partial charge in [0.2, 0.25) is 5.88 Å². The highest BCUT2D eigenvalue weighted by molar-refractivity contribution is 5.81. The van der Waals surface area contributed by atoms with Crippen LogP contribution in [-0.2, 0) is 18.3 Å². The van der Waals surface area contributed by atoms with E-state index >= 15 is 0 Å². The van der Waals surface area contributed by atoms with E-state index < -0.39 is 5.41 Å². The molecule has 4 heteroatoms. The Kier molecular flexibility index (Phi) is 6.39. The fourth-order valence-corrected chi connectivity index (χ4v) is 3.55. The summed E-state index contributed by atoms with van der Waals surface area (Å²) in [5.74, 6) is 1.50.